The highest BCUT2D eigenvalue weighted by molar-refractivity contribution is 5.93. The topological polar surface area (TPSA) is 92.5 Å². The van der Waals surface area contributed by atoms with E-state index in [1.165, 1.54) is 6.07 Å². The van der Waals surface area contributed by atoms with Gasteiger partial charge in [0.05, 0.1) is 11.8 Å². The number of aromatic nitrogens is 2. The van der Waals surface area contributed by atoms with Crippen LogP contribution in [0.5, 0.6) is 0 Å². The molecule has 0 spiro atoms. The van der Waals surface area contributed by atoms with Gasteiger partial charge in [-0.15, -0.1) is 10.2 Å². The summed E-state index contributed by atoms with van der Waals surface area (Å²) < 4.78 is 7.25. The minimum absolute atomic E-state index is 0.0838. The first-order chi connectivity index (χ1) is 12.6. The number of azo groups is 1. The highest BCUT2D eigenvalue weighted by Crippen LogP contribution is 2.33. The fraction of sp³-hybridized carbons (Fsp3) is 0.0526. The number of hydrogen-bond acceptors (Lipinski definition) is 5. The van der Waals surface area contributed by atoms with Crippen molar-refractivity contribution in [2.24, 2.45) is 10.2 Å². The van der Waals surface area contributed by atoms with Crippen LogP contribution in [-0.2, 0) is 0 Å². The first kappa shape index (κ1) is 15.8. The average molecular weight is 346 g/mol. The Labute approximate surface area is 148 Å². The summed E-state index contributed by atoms with van der Waals surface area (Å²) in [5.74, 6) is -0.0264. The molecule has 128 valence electrons. The van der Waals surface area contributed by atoms with Gasteiger partial charge in [0.15, 0.2) is 17.3 Å². The first-order valence-electron chi connectivity index (χ1n) is 7.90. The quantitative estimate of drug-likeness (QED) is 0.525. The Hall–Kier alpha value is -3.74. The lowest BCUT2D eigenvalue weighted by atomic mass is 10.2. The van der Waals surface area contributed by atoms with Crippen LogP contribution in [0.2, 0.25) is 0 Å². The number of imidazole rings is 1. The lowest BCUT2D eigenvalue weighted by molar-refractivity contribution is 0.0697. The zero-order valence-electron chi connectivity index (χ0n) is 13.8. The van der Waals surface area contributed by atoms with Crippen LogP contribution in [0.4, 0.5) is 11.5 Å². The number of carboxylic acid groups (broad SMARTS) is 1. The standard InChI is InChI=1S/C19H14N4O3/c1-12-8-9-23-16(11-12)20-17(15-7-4-10-26-15)18(23)22-21-14-6-3-2-5-13(14)19(24)25/h2-11H,1H3,(H,24,25). The fourth-order valence-electron chi connectivity index (χ4n) is 2.65. The number of rotatable bonds is 4. The number of carboxylic acids is 1. The number of furan rings is 1. The van der Waals surface area contributed by atoms with E-state index < -0.39 is 5.97 Å². The van der Waals surface area contributed by atoms with Gasteiger partial charge >= 0.3 is 5.97 Å². The summed E-state index contributed by atoms with van der Waals surface area (Å²) in [5, 5.41) is 17.7. The van der Waals surface area contributed by atoms with Gasteiger partial charge in [-0.3, -0.25) is 4.40 Å². The molecule has 0 atom stereocenters. The third kappa shape index (κ3) is 2.75. The van der Waals surface area contributed by atoms with Crippen molar-refractivity contribution < 1.29 is 14.3 Å². The predicted octanol–water partition coefficient (Wildman–Crippen LogP) is 5.02. The molecule has 0 saturated carbocycles. The van der Waals surface area contributed by atoms with Gasteiger partial charge in [0.25, 0.3) is 0 Å². The molecule has 4 rings (SSSR count). The van der Waals surface area contributed by atoms with Gasteiger partial charge in [0.1, 0.15) is 11.3 Å². The summed E-state index contributed by atoms with van der Waals surface area (Å²) in [6, 6.07) is 13.9. The molecular weight excluding hydrogens is 332 g/mol. The van der Waals surface area contributed by atoms with Crippen molar-refractivity contribution in [3.8, 4) is 11.5 Å². The van der Waals surface area contributed by atoms with Crippen LogP contribution in [0, 0.1) is 6.92 Å². The average Bonchev–Trinajstić information content (AvgIpc) is 3.27. The van der Waals surface area contributed by atoms with E-state index in [9.17, 15) is 9.90 Å². The Kier molecular flexibility index (Phi) is 3.81. The Morgan fingerprint density at radius 3 is 2.77 bits per heavy atom. The van der Waals surface area contributed by atoms with Gasteiger partial charge in [-0.2, -0.15) is 0 Å². The number of aryl methyl sites for hydroxylation is 1. The van der Waals surface area contributed by atoms with Crippen LogP contribution in [0.25, 0.3) is 17.1 Å². The number of hydrogen-bond donors (Lipinski definition) is 1. The Morgan fingerprint density at radius 1 is 1.15 bits per heavy atom. The highest BCUT2D eigenvalue weighted by atomic mass is 16.4. The molecule has 0 saturated heterocycles. The van der Waals surface area contributed by atoms with Gasteiger partial charge in [-0.1, -0.05) is 12.1 Å². The predicted molar refractivity (Wildman–Crippen MR) is 95.2 cm³/mol. The number of aromatic carboxylic acids is 1. The zero-order valence-corrected chi connectivity index (χ0v) is 13.8. The van der Waals surface area contributed by atoms with E-state index in [4.69, 9.17) is 4.42 Å². The lowest BCUT2D eigenvalue weighted by Gasteiger charge is -2.00. The van der Waals surface area contributed by atoms with Crippen LogP contribution in [0.1, 0.15) is 15.9 Å². The van der Waals surface area contributed by atoms with E-state index in [-0.39, 0.29) is 11.3 Å². The van der Waals surface area contributed by atoms with Crippen LogP contribution >= 0.6 is 0 Å². The van der Waals surface area contributed by atoms with Gasteiger partial charge < -0.3 is 9.52 Å². The van der Waals surface area contributed by atoms with E-state index in [0.29, 0.717) is 22.9 Å². The second-order valence-corrected chi connectivity index (χ2v) is 5.72. The molecule has 7 heteroatoms. The van der Waals surface area contributed by atoms with Crippen molar-refractivity contribution in [2.45, 2.75) is 6.92 Å². The van der Waals surface area contributed by atoms with Crippen LogP contribution in [-0.4, -0.2) is 20.5 Å². The third-order valence-electron chi connectivity index (χ3n) is 3.90. The highest BCUT2D eigenvalue weighted by Gasteiger charge is 2.17. The molecule has 0 fully saturated rings. The van der Waals surface area contributed by atoms with E-state index in [1.807, 2.05) is 25.3 Å². The van der Waals surface area contributed by atoms with Gasteiger partial charge in [-0.05, 0) is 48.9 Å². The summed E-state index contributed by atoms with van der Waals surface area (Å²) in [6.07, 6.45) is 3.41. The number of fused-ring (bicyclic) bond motifs is 1. The molecule has 3 aromatic heterocycles. The minimum Gasteiger partial charge on any atom is -0.478 e. The molecule has 0 aliphatic carbocycles. The van der Waals surface area contributed by atoms with Crippen molar-refractivity contribution in [3.63, 3.8) is 0 Å². The number of benzene rings is 1. The summed E-state index contributed by atoms with van der Waals surface area (Å²) in [5.41, 5.74) is 2.66. The molecule has 0 amide bonds. The summed E-state index contributed by atoms with van der Waals surface area (Å²) in [4.78, 5) is 15.9. The monoisotopic (exact) mass is 346 g/mol. The van der Waals surface area contributed by atoms with E-state index in [1.54, 1.807) is 41.0 Å². The smallest absolute Gasteiger partial charge is 0.337 e. The minimum atomic E-state index is -1.06. The number of carbonyl (C=O) groups is 1. The van der Waals surface area contributed by atoms with Crippen molar-refractivity contribution >= 4 is 23.1 Å². The maximum Gasteiger partial charge on any atom is 0.337 e. The Morgan fingerprint density at radius 2 is 2.00 bits per heavy atom. The molecule has 4 aromatic rings. The van der Waals surface area contributed by atoms with Crippen LogP contribution < -0.4 is 0 Å². The van der Waals surface area contributed by atoms with Gasteiger partial charge in [-0.25, -0.2) is 9.78 Å². The molecule has 0 aliphatic heterocycles. The van der Waals surface area contributed by atoms with E-state index >= 15 is 0 Å². The molecule has 1 aromatic carbocycles. The fourth-order valence-corrected chi connectivity index (χ4v) is 2.65. The van der Waals surface area contributed by atoms with Gasteiger partial charge in [0, 0.05) is 6.20 Å². The molecule has 0 bridgehead atoms. The molecule has 0 radical (unpaired) electrons. The largest absolute Gasteiger partial charge is 0.478 e. The normalized spacial score (nSPS) is 11.4. The molecule has 1 N–H and O–H groups in total. The maximum atomic E-state index is 11.4. The van der Waals surface area contributed by atoms with Crippen molar-refractivity contribution in [3.05, 3.63) is 72.1 Å². The number of pyridine rings is 1. The van der Waals surface area contributed by atoms with Crippen molar-refractivity contribution in [1.82, 2.24) is 9.38 Å². The molecule has 26 heavy (non-hydrogen) atoms. The van der Waals surface area contributed by atoms with Crippen molar-refractivity contribution in [2.75, 3.05) is 0 Å². The molecule has 0 aliphatic rings. The van der Waals surface area contributed by atoms with Crippen LogP contribution in [0.3, 0.4) is 0 Å². The SMILES string of the molecule is Cc1ccn2c(N=Nc3ccccc3C(=O)O)c(-c3ccco3)nc2c1. The molecule has 7 nitrogen and oxygen atoms in total. The first-order valence-corrected chi connectivity index (χ1v) is 7.90. The molecular formula is C19H14N4O3. The second kappa shape index (κ2) is 6.29. The lowest BCUT2D eigenvalue weighted by Crippen LogP contribution is -1.95. The summed E-state index contributed by atoms with van der Waals surface area (Å²) in [6.45, 7) is 1.98. The van der Waals surface area contributed by atoms with E-state index in [0.717, 1.165) is 5.56 Å². The van der Waals surface area contributed by atoms with Crippen LogP contribution in [0.15, 0.2) is 75.6 Å². The number of nitrogens with zero attached hydrogens (tertiary/aromatic N) is 4. The zero-order chi connectivity index (χ0) is 18.1. The molecule has 0 unspecified atom stereocenters. The summed E-state index contributed by atoms with van der Waals surface area (Å²) in [7, 11) is 0. The third-order valence-corrected chi connectivity index (χ3v) is 3.90. The molecule has 3 heterocycles. The maximum absolute atomic E-state index is 11.4. The van der Waals surface area contributed by atoms with Gasteiger partial charge in [0.2, 0.25) is 0 Å². The van der Waals surface area contributed by atoms with E-state index in [2.05, 4.69) is 15.2 Å². The summed E-state index contributed by atoms with van der Waals surface area (Å²) >= 11 is 0. The second-order valence-electron chi connectivity index (χ2n) is 5.72. The van der Waals surface area contributed by atoms with Crippen molar-refractivity contribution in [1.29, 1.82) is 0 Å². The Bertz CT molecular complexity index is 1130. The Balaban J connectivity index is 1.88.